The molecule has 1 aliphatic heterocycles. The Labute approximate surface area is 189 Å². The Morgan fingerprint density at radius 2 is 1.68 bits per heavy atom. The van der Waals surface area contributed by atoms with Crippen LogP contribution in [0, 0.1) is 0 Å². The lowest BCUT2D eigenvalue weighted by Gasteiger charge is -2.33. The van der Waals surface area contributed by atoms with E-state index in [1.54, 1.807) is 0 Å². The van der Waals surface area contributed by atoms with Crippen molar-refractivity contribution in [2.24, 2.45) is 0 Å². The maximum absolute atomic E-state index is 6.46. The monoisotopic (exact) mass is 430 g/mol. The highest BCUT2D eigenvalue weighted by Crippen LogP contribution is 2.31. The summed E-state index contributed by atoms with van der Waals surface area (Å²) in [6.45, 7) is 2.55. The van der Waals surface area contributed by atoms with Crippen LogP contribution in [0.3, 0.4) is 0 Å². The van der Waals surface area contributed by atoms with Gasteiger partial charge in [0.05, 0.1) is 12.7 Å². The minimum absolute atomic E-state index is 0. The van der Waals surface area contributed by atoms with Crippen LogP contribution in [0.1, 0.15) is 23.5 Å². The van der Waals surface area contributed by atoms with Crippen molar-refractivity contribution < 1.29 is 4.74 Å². The van der Waals surface area contributed by atoms with Gasteiger partial charge in [0, 0.05) is 24.9 Å². The molecule has 0 amide bonds. The second kappa shape index (κ2) is 10.1. The molecule has 0 aliphatic carbocycles. The van der Waals surface area contributed by atoms with E-state index in [9.17, 15) is 0 Å². The maximum atomic E-state index is 6.46. The molecule has 0 spiro atoms. The summed E-state index contributed by atoms with van der Waals surface area (Å²) in [5.74, 6) is 0.397. The molecule has 31 heavy (non-hydrogen) atoms. The normalized spacial score (nSPS) is 18.5. The first-order valence-corrected chi connectivity index (χ1v) is 10.7. The van der Waals surface area contributed by atoms with Gasteiger partial charge in [-0.2, -0.15) is 0 Å². The molecule has 1 fully saturated rings. The van der Waals surface area contributed by atoms with Crippen LogP contribution in [0.2, 0.25) is 0 Å². The number of pyridine rings is 1. The largest absolute Gasteiger partial charge is 0.372 e. The van der Waals surface area contributed by atoms with E-state index in [0.29, 0.717) is 12.5 Å². The van der Waals surface area contributed by atoms with Gasteiger partial charge in [0.1, 0.15) is 0 Å². The van der Waals surface area contributed by atoms with Gasteiger partial charge in [0.15, 0.2) is 0 Å². The van der Waals surface area contributed by atoms with Crippen molar-refractivity contribution in [1.82, 2.24) is 10.3 Å². The molecule has 2 atom stereocenters. The summed E-state index contributed by atoms with van der Waals surface area (Å²) < 4.78 is 6.46. The molecule has 3 aromatic carbocycles. The molecule has 0 bridgehead atoms. The van der Waals surface area contributed by atoms with Crippen molar-refractivity contribution in [3.63, 3.8) is 0 Å². The average molecular weight is 431 g/mol. The van der Waals surface area contributed by atoms with E-state index in [2.05, 4.69) is 89.2 Å². The van der Waals surface area contributed by atoms with E-state index in [1.165, 1.54) is 33.0 Å². The number of nitrogens with one attached hydrogen (secondary N) is 1. The summed E-state index contributed by atoms with van der Waals surface area (Å²) in [7, 11) is 0. The first-order valence-electron chi connectivity index (χ1n) is 10.7. The zero-order valence-corrected chi connectivity index (χ0v) is 18.2. The van der Waals surface area contributed by atoms with E-state index in [0.717, 1.165) is 19.5 Å². The molecule has 1 saturated heterocycles. The minimum atomic E-state index is 0. The lowest BCUT2D eigenvalue weighted by atomic mass is 9.86. The summed E-state index contributed by atoms with van der Waals surface area (Å²) in [6, 6.07) is 28.1. The molecule has 0 radical (unpaired) electrons. The van der Waals surface area contributed by atoms with Crippen LogP contribution < -0.4 is 5.32 Å². The highest BCUT2D eigenvalue weighted by Gasteiger charge is 2.27. The summed E-state index contributed by atoms with van der Waals surface area (Å²) in [6.07, 6.45) is 4.95. The Kier molecular flexibility index (Phi) is 6.98. The van der Waals surface area contributed by atoms with Crippen molar-refractivity contribution in [1.29, 1.82) is 0 Å². The number of fused-ring (bicyclic) bond motifs is 1. The van der Waals surface area contributed by atoms with Gasteiger partial charge in [-0.1, -0.05) is 60.7 Å². The Morgan fingerprint density at radius 3 is 2.55 bits per heavy atom. The third-order valence-electron chi connectivity index (χ3n) is 6.03. The summed E-state index contributed by atoms with van der Waals surface area (Å²) in [5.41, 5.74) is 5.02. The zero-order chi connectivity index (χ0) is 20.2. The van der Waals surface area contributed by atoms with Gasteiger partial charge < -0.3 is 10.1 Å². The van der Waals surface area contributed by atoms with E-state index in [4.69, 9.17) is 4.74 Å². The fourth-order valence-corrected chi connectivity index (χ4v) is 4.41. The Balaban J connectivity index is 0.00000231. The molecule has 2 heterocycles. The van der Waals surface area contributed by atoms with Crippen LogP contribution in [0.15, 0.2) is 91.3 Å². The van der Waals surface area contributed by atoms with Gasteiger partial charge in [-0.15, -0.1) is 12.4 Å². The average Bonchev–Trinajstić information content (AvgIpc) is 2.83. The first-order chi connectivity index (χ1) is 14.9. The molecule has 3 nitrogen and oxygen atoms in total. The molecular weight excluding hydrogens is 404 g/mol. The SMILES string of the molecule is Cl.c1cc(-c2ccncc2)cc(C2CCNCC2OCc2ccc3ccccc3c2)c1. The molecular formula is C27H27ClN2O. The molecule has 2 unspecified atom stereocenters. The standard InChI is InChI=1S/C27H26N2O.ClH/c1-2-5-23-16-20(8-9-21(23)4-1)19-30-27-18-29-15-12-26(27)25-7-3-6-24(17-25)22-10-13-28-14-11-22;/h1-11,13-14,16-17,26-27,29H,12,15,18-19H2;1H. The fourth-order valence-electron chi connectivity index (χ4n) is 4.41. The number of benzene rings is 3. The summed E-state index contributed by atoms with van der Waals surface area (Å²) in [5, 5.41) is 6.05. The van der Waals surface area contributed by atoms with Crippen molar-refractivity contribution in [2.45, 2.75) is 25.0 Å². The molecule has 158 valence electrons. The Bertz CT molecular complexity index is 1130. The van der Waals surface area contributed by atoms with Crippen LogP contribution in [-0.2, 0) is 11.3 Å². The molecule has 4 aromatic rings. The van der Waals surface area contributed by atoms with Crippen LogP contribution in [0.4, 0.5) is 0 Å². The second-order valence-electron chi connectivity index (χ2n) is 7.99. The highest BCUT2D eigenvalue weighted by atomic mass is 35.5. The van der Waals surface area contributed by atoms with Crippen LogP contribution in [0.5, 0.6) is 0 Å². The number of rotatable bonds is 5. The number of hydrogen-bond donors (Lipinski definition) is 1. The van der Waals surface area contributed by atoms with Gasteiger partial charge in [-0.25, -0.2) is 0 Å². The topological polar surface area (TPSA) is 34.2 Å². The number of aromatic nitrogens is 1. The van der Waals surface area contributed by atoms with E-state index in [-0.39, 0.29) is 18.5 Å². The third-order valence-corrected chi connectivity index (χ3v) is 6.03. The smallest absolute Gasteiger partial charge is 0.0772 e. The van der Waals surface area contributed by atoms with E-state index in [1.807, 2.05) is 12.4 Å². The van der Waals surface area contributed by atoms with Gasteiger partial charge in [0.2, 0.25) is 0 Å². The van der Waals surface area contributed by atoms with E-state index < -0.39 is 0 Å². The third kappa shape index (κ3) is 4.96. The number of hydrogen-bond acceptors (Lipinski definition) is 3. The molecule has 1 aromatic heterocycles. The van der Waals surface area contributed by atoms with Gasteiger partial charge in [0.25, 0.3) is 0 Å². The van der Waals surface area contributed by atoms with Crippen LogP contribution in [0.25, 0.3) is 21.9 Å². The zero-order valence-electron chi connectivity index (χ0n) is 17.4. The first kappa shape index (κ1) is 21.5. The summed E-state index contributed by atoms with van der Waals surface area (Å²) in [4.78, 5) is 4.14. The maximum Gasteiger partial charge on any atom is 0.0772 e. The number of nitrogens with zero attached hydrogens (tertiary/aromatic N) is 1. The van der Waals surface area contributed by atoms with Crippen molar-refractivity contribution in [3.8, 4) is 11.1 Å². The molecule has 5 rings (SSSR count). The molecule has 1 aliphatic rings. The van der Waals surface area contributed by atoms with Crippen molar-refractivity contribution in [3.05, 3.63) is 102 Å². The van der Waals surface area contributed by atoms with Crippen molar-refractivity contribution in [2.75, 3.05) is 13.1 Å². The van der Waals surface area contributed by atoms with Gasteiger partial charge >= 0.3 is 0 Å². The molecule has 4 heteroatoms. The Hall–Kier alpha value is -2.72. The van der Waals surface area contributed by atoms with Crippen LogP contribution >= 0.6 is 12.4 Å². The highest BCUT2D eigenvalue weighted by molar-refractivity contribution is 5.85. The number of ether oxygens (including phenoxy) is 1. The Morgan fingerprint density at radius 1 is 0.839 bits per heavy atom. The quantitative estimate of drug-likeness (QED) is 0.422. The minimum Gasteiger partial charge on any atom is -0.372 e. The predicted octanol–water partition coefficient (Wildman–Crippen LogP) is 5.99. The van der Waals surface area contributed by atoms with Gasteiger partial charge in [-0.3, -0.25) is 4.98 Å². The van der Waals surface area contributed by atoms with Crippen molar-refractivity contribution >= 4 is 23.2 Å². The second-order valence-corrected chi connectivity index (χ2v) is 7.99. The summed E-state index contributed by atoms with van der Waals surface area (Å²) >= 11 is 0. The fraction of sp³-hybridized carbons (Fsp3) is 0.222. The lowest BCUT2D eigenvalue weighted by molar-refractivity contribution is 0.0107. The number of halogens is 1. The lowest BCUT2D eigenvalue weighted by Crippen LogP contribution is -2.41. The molecule has 1 N–H and O–H groups in total. The predicted molar refractivity (Wildman–Crippen MR) is 130 cm³/mol. The molecule has 0 saturated carbocycles. The van der Waals surface area contributed by atoms with Gasteiger partial charge in [-0.05, 0) is 64.2 Å². The number of piperidine rings is 1. The van der Waals surface area contributed by atoms with Crippen LogP contribution in [-0.4, -0.2) is 24.2 Å². The van der Waals surface area contributed by atoms with E-state index >= 15 is 0 Å².